The molecule has 1 aromatic carbocycles. The van der Waals surface area contributed by atoms with Crippen LogP contribution in [0.1, 0.15) is 20.3 Å². The Morgan fingerprint density at radius 2 is 2.09 bits per heavy atom. The molecule has 0 saturated heterocycles. The molecule has 1 unspecified atom stereocenters. The summed E-state index contributed by atoms with van der Waals surface area (Å²) in [5, 5.41) is 26.1. The first-order valence-corrected chi connectivity index (χ1v) is 14.0. The normalized spacial score (nSPS) is 21.1. The van der Waals surface area contributed by atoms with Crippen molar-refractivity contribution in [2.75, 3.05) is 29.4 Å². The van der Waals surface area contributed by atoms with E-state index in [1.165, 1.54) is 28.2 Å². The SMILES string of the molecule is CC(C)CCN1C(=O)C(C2=NS(=O)(=O)c3cc(NS(C)(=O)=O)ccc3N2)=C(O)C2=CC(C#N)CN21. The Bertz CT molecular complexity index is 1450. The molecular weight excluding hydrogens is 496 g/mol. The average molecular weight is 521 g/mol. The predicted molar refractivity (Wildman–Crippen MR) is 128 cm³/mol. The van der Waals surface area contributed by atoms with Crippen LogP contribution in [-0.2, 0) is 24.8 Å². The minimum Gasteiger partial charge on any atom is -0.505 e. The number of nitrogens with zero attached hydrogens (tertiary/aromatic N) is 4. The highest BCUT2D eigenvalue weighted by Gasteiger charge is 2.43. The summed E-state index contributed by atoms with van der Waals surface area (Å²) in [7, 11) is -8.00. The number of nitriles is 1. The van der Waals surface area contributed by atoms with Gasteiger partial charge >= 0.3 is 0 Å². The van der Waals surface area contributed by atoms with Crippen molar-refractivity contribution in [2.45, 2.75) is 25.2 Å². The third-order valence-corrected chi connectivity index (χ3v) is 7.50. The maximum atomic E-state index is 13.5. The van der Waals surface area contributed by atoms with E-state index in [0.29, 0.717) is 13.0 Å². The van der Waals surface area contributed by atoms with Crippen LogP contribution in [0.25, 0.3) is 0 Å². The van der Waals surface area contributed by atoms with Crippen LogP contribution in [0.4, 0.5) is 11.4 Å². The van der Waals surface area contributed by atoms with Gasteiger partial charge in [-0.2, -0.15) is 13.7 Å². The summed E-state index contributed by atoms with van der Waals surface area (Å²) < 4.78 is 54.9. The standard InChI is InChI=1S/C21H24N6O6S2/c1-12(2)6-7-26-21(29)18(19(28)16-8-13(10-22)11-27(16)26)20-23-15-5-4-14(24-34(3,30)31)9-17(15)35(32,33)25-20/h4-5,8-9,12-13,24,28H,6-7,11H2,1-3H3,(H,23,25). The number of nitrogens with one attached hydrogen (secondary N) is 2. The molecule has 0 saturated carbocycles. The molecule has 4 rings (SSSR count). The van der Waals surface area contributed by atoms with Crippen LogP contribution >= 0.6 is 0 Å². The van der Waals surface area contributed by atoms with Crippen LogP contribution in [0.2, 0.25) is 0 Å². The Morgan fingerprint density at radius 3 is 2.71 bits per heavy atom. The molecule has 12 nitrogen and oxygen atoms in total. The number of hydrogen-bond acceptors (Lipinski definition) is 9. The van der Waals surface area contributed by atoms with Crippen molar-refractivity contribution in [1.82, 2.24) is 10.0 Å². The lowest BCUT2D eigenvalue weighted by molar-refractivity contribution is -0.142. The van der Waals surface area contributed by atoms with Crippen molar-refractivity contribution >= 4 is 43.2 Å². The first kappa shape index (κ1) is 24.6. The molecule has 0 bridgehead atoms. The largest absolute Gasteiger partial charge is 0.505 e. The van der Waals surface area contributed by atoms with Gasteiger partial charge in [0.1, 0.15) is 10.5 Å². The minimum atomic E-state index is -4.36. The molecule has 3 N–H and O–H groups in total. The van der Waals surface area contributed by atoms with E-state index in [0.717, 1.165) is 12.3 Å². The van der Waals surface area contributed by atoms with Gasteiger partial charge in [-0.3, -0.25) is 14.5 Å². The van der Waals surface area contributed by atoms with E-state index in [1.54, 1.807) is 0 Å². The zero-order chi connectivity index (χ0) is 25.7. The smallest absolute Gasteiger partial charge is 0.286 e. The molecule has 1 aromatic rings. The number of aliphatic hydroxyl groups is 1. The fourth-order valence-electron chi connectivity index (χ4n) is 3.95. The van der Waals surface area contributed by atoms with Gasteiger partial charge < -0.3 is 10.4 Å². The third-order valence-electron chi connectivity index (χ3n) is 5.57. The molecule has 14 heteroatoms. The number of carbonyl (C=O) groups excluding carboxylic acids is 1. The second-order valence-corrected chi connectivity index (χ2v) is 12.2. The molecule has 0 aliphatic carbocycles. The molecule has 0 radical (unpaired) electrons. The lowest BCUT2D eigenvalue weighted by atomic mass is 10.1. The van der Waals surface area contributed by atoms with Gasteiger partial charge in [-0.15, -0.1) is 4.40 Å². The first-order valence-electron chi connectivity index (χ1n) is 10.7. The summed E-state index contributed by atoms with van der Waals surface area (Å²) in [5.41, 5.74) is -0.00781. The second kappa shape index (κ2) is 8.58. The number of hydrazine groups is 1. The van der Waals surface area contributed by atoms with E-state index in [1.807, 2.05) is 13.8 Å². The molecule has 3 aliphatic heterocycles. The van der Waals surface area contributed by atoms with E-state index >= 15 is 0 Å². The Hall–Kier alpha value is -3.57. The summed E-state index contributed by atoms with van der Waals surface area (Å²) in [6.45, 7) is 4.46. The van der Waals surface area contributed by atoms with Gasteiger partial charge in [0, 0.05) is 12.2 Å². The predicted octanol–water partition coefficient (Wildman–Crippen LogP) is 1.53. The highest BCUT2D eigenvalue weighted by Crippen LogP contribution is 2.37. The van der Waals surface area contributed by atoms with Crippen LogP contribution in [-0.4, -0.2) is 63.0 Å². The Kier molecular flexibility index (Phi) is 6.02. The molecule has 0 fully saturated rings. The summed E-state index contributed by atoms with van der Waals surface area (Å²) in [6.07, 6.45) is 3.10. The van der Waals surface area contributed by atoms with Gasteiger partial charge in [-0.05, 0) is 36.6 Å². The Balaban J connectivity index is 1.78. The van der Waals surface area contributed by atoms with Gasteiger partial charge in [0.05, 0.1) is 36.2 Å². The Labute approximate surface area is 203 Å². The van der Waals surface area contributed by atoms with Gasteiger partial charge in [0.15, 0.2) is 11.6 Å². The number of anilines is 2. The maximum absolute atomic E-state index is 13.5. The molecular formula is C21H24N6O6S2. The van der Waals surface area contributed by atoms with Crippen LogP contribution in [0.3, 0.4) is 0 Å². The van der Waals surface area contributed by atoms with Crippen LogP contribution in [0.5, 0.6) is 0 Å². The number of hydrogen-bond donors (Lipinski definition) is 3. The lowest BCUT2D eigenvalue weighted by Crippen LogP contribution is -2.52. The second-order valence-electron chi connectivity index (χ2n) is 8.83. The number of rotatable bonds is 6. The Morgan fingerprint density at radius 1 is 1.37 bits per heavy atom. The van der Waals surface area contributed by atoms with Crippen LogP contribution in [0.15, 0.2) is 50.6 Å². The van der Waals surface area contributed by atoms with Gasteiger partial charge in [-0.25, -0.2) is 13.4 Å². The average Bonchev–Trinajstić information content (AvgIpc) is 3.17. The van der Waals surface area contributed by atoms with E-state index in [4.69, 9.17) is 0 Å². The molecule has 1 atom stereocenters. The topological polar surface area (TPSA) is 172 Å². The van der Waals surface area contributed by atoms with E-state index < -0.39 is 37.6 Å². The van der Waals surface area contributed by atoms with Crippen molar-refractivity contribution in [2.24, 2.45) is 16.2 Å². The van der Waals surface area contributed by atoms with Crippen molar-refractivity contribution in [1.29, 1.82) is 5.26 Å². The fourth-order valence-corrected chi connectivity index (χ4v) is 5.65. The molecule has 186 valence electrons. The summed E-state index contributed by atoms with van der Waals surface area (Å²) in [5.74, 6) is -1.79. The highest BCUT2D eigenvalue weighted by atomic mass is 32.2. The monoisotopic (exact) mass is 520 g/mol. The molecule has 35 heavy (non-hydrogen) atoms. The molecule has 3 aliphatic rings. The van der Waals surface area contributed by atoms with Crippen molar-refractivity contribution in [3.63, 3.8) is 0 Å². The van der Waals surface area contributed by atoms with E-state index in [9.17, 15) is 32.0 Å². The van der Waals surface area contributed by atoms with Crippen LogP contribution in [0, 0.1) is 23.2 Å². The van der Waals surface area contributed by atoms with Crippen molar-refractivity contribution in [3.8, 4) is 6.07 Å². The summed E-state index contributed by atoms with van der Waals surface area (Å²) in [6, 6.07) is 5.91. The first-order chi connectivity index (χ1) is 16.3. The minimum absolute atomic E-state index is 0.0280. The maximum Gasteiger partial charge on any atom is 0.286 e. The number of aliphatic hydroxyl groups excluding tert-OH is 1. The summed E-state index contributed by atoms with van der Waals surface area (Å²) in [4.78, 5) is 13.2. The number of amidine groups is 1. The number of sulfonamides is 2. The van der Waals surface area contributed by atoms with Gasteiger partial charge in [0.25, 0.3) is 15.9 Å². The van der Waals surface area contributed by atoms with Crippen molar-refractivity contribution < 1.29 is 26.7 Å². The number of benzene rings is 1. The zero-order valence-electron chi connectivity index (χ0n) is 19.2. The molecule has 3 heterocycles. The van der Waals surface area contributed by atoms with Gasteiger partial charge in [-0.1, -0.05) is 13.8 Å². The van der Waals surface area contributed by atoms with Crippen LogP contribution < -0.4 is 10.0 Å². The van der Waals surface area contributed by atoms with E-state index in [-0.39, 0.29) is 45.8 Å². The molecule has 0 spiro atoms. The zero-order valence-corrected chi connectivity index (χ0v) is 20.8. The van der Waals surface area contributed by atoms with Gasteiger partial charge in [0.2, 0.25) is 10.0 Å². The number of fused-ring (bicyclic) bond motifs is 2. The molecule has 1 amide bonds. The number of amides is 1. The molecule has 0 aromatic heterocycles. The fraction of sp³-hybridized carbons (Fsp3) is 0.381. The van der Waals surface area contributed by atoms with E-state index in [2.05, 4.69) is 20.5 Å². The summed E-state index contributed by atoms with van der Waals surface area (Å²) >= 11 is 0. The van der Waals surface area contributed by atoms with Crippen molar-refractivity contribution in [3.05, 3.63) is 41.3 Å². The quantitative estimate of drug-likeness (QED) is 0.503. The lowest BCUT2D eigenvalue weighted by Gasteiger charge is -2.40. The highest BCUT2D eigenvalue weighted by molar-refractivity contribution is 7.92. The third kappa shape index (κ3) is 4.69. The number of carbonyl (C=O) groups is 1.